The molecule has 0 aliphatic heterocycles. The second kappa shape index (κ2) is 7.80. The lowest BCUT2D eigenvalue weighted by atomic mass is 10.2. The molecule has 0 aliphatic rings. The Morgan fingerprint density at radius 1 is 1.40 bits per heavy atom. The summed E-state index contributed by atoms with van der Waals surface area (Å²) in [5, 5.41) is 9.51. The number of hydrogen-bond donors (Lipinski definition) is 0. The van der Waals surface area contributed by atoms with Crippen molar-refractivity contribution in [1.82, 2.24) is 0 Å². The van der Waals surface area contributed by atoms with E-state index < -0.39 is 0 Å². The molecule has 0 heterocycles. The third kappa shape index (κ3) is 6.81. The van der Waals surface area contributed by atoms with Gasteiger partial charge in [-0.2, -0.15) is 5.26 Å². The van der Waals surface area contributed by atoms with Gasteiger partial charge in [-0.25, -0.2) is 0 Å². The van der Waals surface area contributed by atoms with Crippen LogP contribution < -0.4 is 0 Å². The molecule has 0 saturated heterocycles. The van der Waals surface area contributed by atoms with E-state index in [1.165, 1.54) is 19.3 Å². The number of unbranched alkanes of at least 4 members (excludes halogenated alkanes) is 2. The number of alkyl halides is 2. The summed E-state index contributed by atoms with van der Waals surface area (Å²) in [6.45, 7) is 0. The maximum absolute atomic E-state index is 8.42. The van der Waals surface area contributed by atoms with Crippen LogP contribution >= 0.6 is 38.5 Å². The molecule has 3 heteroatoms. The largest absolute Gasteiger partial charge is 0.197 e. The molecule has 0 amide bonds. The molecular weight excluding hydrogens is 305 g/mol. The Kier molecular flexibility index (Phi) is 8.35. The van der Waals surface area contributed by atoms with Gasteiger partial charge in [-0.3, -0.25) is 0 Å². The summed E-state index contributed by atoms with van der Waals surface area (Å²) < 4.78 is 0.216. The second-order valence-electron chi connectivity index (χ2n) is 2.13. The first-order valence-corrected chi connectivity index (χ1v) is 5.77. The molecule has 0 aliphatic carbocycles. The molecule has 1 nitrogen and oxygen atoms in total. The predicted molar refractivity (Wildman–Crippen MR) is 55.7 cm³/mol. The lowest BCUT2D eigenvalue weighted by Gasteiger charge is -1.98. The standard InChI is InChI=1S/C7H11BrIN/c8-5-3-1-2-4-7(9)6-10/h7H,1-5H2. The van der Waals surface area contributed by atoms with Gasteiger partial charge in [-0.05, 0) is 12.8 Å². The Morgan fingerprint density at radius 3 is 2.60 bits per heavy atom. The van der Waals surface area contributed by atoms with Crippen molar-refractivity contribution in [3.8, 4) is 6.07 Å². The molecule has 0 aromatic rings. The first-order chi connectivity index (χ1) is 4.81. The van der Waals surface area contributed by atoms with Crippen molar-refractivity contribution in [3.05, 3.63) is 0 Å². The van der Waals surface area contributed by atoms with Gasteiger partial charge < -0.3 is 0 Å². The van der Waals surface area contributed by atoms with Crippen LogP contribution in [0.4, 0.5) is 0 Å². The van der Waals surface area contributed by atoms with Gasteiger partial charge in [0.15, 0.2) is 0 Å². The molecule has 0 aromatic heterocycles. The van der Waals surface area contributed by atoms with Gasteiger partial charge >= 0.3 is 0 Å². The van der Waals surface area contributed by atoms with Crippen LogP contribution in [-0.2, 0) is 0 Å². The normalized spacial score (nSPS) is 12.5. The average molecular weight is 316 g/mol. The fourth-order valence-corrected chi connectivity index (χ4v) is 1.50. The van der Waals surface area contributed by atoms with E-state index in [0.717, 1.165) is 11.8 Å². The summed E-state index contributed by atoms with van der Waals surface area (Å²) in [6.07, 6.45) is 4.71. The highest BCUT2D eigenvalue weighted by atomic mass is 127. The van der Waals surface area contributed by atoms with Gasteiger partial charge in [0.2, 0.25) is 0 Å². The Hall–Kier alpha value is 0.700. The molecule has 10 heavy (non-hydrogen) atoms. The lowest BCUT2D eigenvalue weighted by Crippen LogP contribution is -1.91. The lowest BCUT2D eigenvalue weighted by molar-refractivity contribution is 0.696. The van der Waals surface area contributed by atoms with Crippen molar-refractivity contribution in [2.24, 2.45) is 0 Å². The highest BCUT2D eigenvalue weighted by Crippen LogP contribution is 2.10. The molecule has 0 fully saturated rings. The van der Waals surface area contributed by atoms with Crippen LogP contribution in [0.25, 0.3) is 0 Å². The van der Waals surface area contributed by atoms with Gasteiger partial charge in [0.05, 0.1) is 9.99 Å². The fourth-order valence-electron chi connectivity index (χ4n) is 0.659. The van der Waals surface area contributed by atoms with Crippen molar-refractivity contribution in [2.45, 2.75) is 29.6 Å². The number of halogens is 2. The van der Waals surface area contributed by atoms with E-state index in [1.807, 2.05) is 0 Å². The zero-order valence-electron chi connectivity index (χ0n) is 5.82. The Balaban J connectivity index is 2.98. The number of nitriles is 1. The Morgan fingerprint density at radius 2 is 2.10 bits per heavy atom. The van der Waals surface area contributed by atoms with E-state index in [-0.39, 0.29) is 3.92 Å². The minimum atomic E-state index is 0.216. The molecule has 0 N–H and O–H groups in total. The van der Waals surface area contributed by atoms with Crippen molar-refractivity contribution in [3.63, 3.8) is 0 Å². The van der Waals surface area contributed by atoms with Crippen LogP contribution in [-0.4, -0.2) is 9.25 Å². The number of rotatable bonds is 5. The molecule has 0 rings (SSSR count). The smallest absolute Gasteiger partial charge is 0.0978 e. The molecule has 0 bridgehead atoms. The molecule has 58 valence electrons. The third-order valence-electron chi connectivity index (χ3n) is 1.23. The zero-order valence-corrected chi connectivity index (χ0v) is 9.56. The van der Waals surface area contributed by atoms with Crippen LogP contribution in [0.2, 0.25) is 0 Å². The van der Waals surface area contributed by atoms with Crippen LogP contribution in [0.1, 0.15) is 25.7 Å². The van der Waals surface area contributed by atoms with Gasteiger partial charge in [0, 0.05) is 5.33 Å². The van der Waals surface area contributed by atoms with E-state index >= 15 is 0 Å². The van der Waals surface area contributed by atoms with Gasteiger partial charge in [0.1, 0.15) is 0 Å². The van der Waals surface area contributed by atoms with E-state index in [9.17, 15) is 0 Å². The third-order valence-corrected chi connectivity index (χ3v) is 2.69. The van der Waals surface area contributed by atoms with Crippen molar-refractivity contribution >= 4 is 38.5 Å². The van der Waals surface area contributed by atoms with E-state index in [1.54, 1.807) is 0 Å². The number of hydrogen-bond acceptors (Lipinski definition) is 1. The highest BCUT2D eigenvalue weighted by Gasteiger charge is 1.99. The molecule has 1 atom stereocenters. The first kappa shape index (κ1) is 10.7. The number of nitrogens with zero attached hydrogens (tertiary/aromatic N) is 1. The summed E-state index contributed by atoms with van der Waals surface area (Å²) in [6, 6.07) is 2.22. The van der Waals surface area contributed by atoms with E-state index in [2.05, 4.69) is 44.6 Å². The van der Waals surface area contributed by atoms with Crippen molar-refractivity contribution in [1.29, 1.82) is 5.26 Å². The minimum absolute atomic E-state index is 0.216. The maximum Gasteiger partial charge on any atom is 0.0978 e. The SMILES string of the molecule is N#CC(I)CCCCCBr. The minimum Gasteiger partial charge on any atom is -0.197 e. The average Bonchev–Trinajstić information content (AvgIpc) is 1.98. The summed E-state index contributed by atoms with van der Waals surface area (Å²) in [4.78, 5) is 0. The molecule has 1 unspecified atom stereocenters. The summed E-state index contributed by atoms with van der Waals surface area (Å²) >= 11 is 5.55. The molecule has 0 spiro atoms. The van der Waals surface area contributed by atoms with E-state index in [0.29, 0.717) is 0 Å². The van der Waals surface area contributed by atoms with Crippen LogP contribution in [0.15, 0.2) is 0 Å². The van der Waals surface area contributed by atoms with Gasteiger partial charge in [-0.15, -0.1) is 0 Å². The predicted octanol–water partition coefficient (Wildman–Crippen LogP) is 3.27. The summed E-state index contributed by atoms with van der Waals surface area (Å²) in [5.41, 5.74) is 0. The van der Waals surface area contributed by atoms with Gasteiger partial charge in [-0.1, -0.05) is 51.4 Å². The van der Waals surface area contributed by atoms with Crippen molar-refractivity contribution < 1.29 is 0 Å². The molecule has 0 radical (unpaired) electrons. The Bertz CT molecular complexity index is 111. The fraction of sp³-hybridized carbons (Fsp3) is 0.857. The quantitative estimate of drug-likeness (QED) is 0.434. The summed E-state index contributed by atoms with van der Waals surface area (Å²) in [5.74, 6) is 0. The van der Waals surface area contributed by atoms with Crippen molar-refractivity contribution in [2.75, 3.05) is 5.33 Å². The van der Waals surface area contributed by atoms with Crippen LogP contribution in [0.3, 0.4) is 0 Å². The summed E-state index contributed by atoms with van der Waals surface area (Å²) in [7, 11) is 0. The molecule has 0 aromatic carbocycles. The van der Waals surface area contributed by atoms with Crippen LogP contribution in [0.5, 0.6) is 0 Å². The van der Waals surface area contributed by atoms with Crippen LogP contribution in [0, 0.1) is 11.3 Å². The Labute approximate surface area is 84.5 Å². The highest BCUT2D eigenvalue weighted by molar-refractivity contribution is 14.1. The zero-order chi connectivity index (χ0) is 7.82. The monoisotopic (exact) mass is 315 g/mol. The maximum atomic E-state index is 8.42. The molecular formula is C7H11BrIN. The van der Waals surface area contributed by atoms with E-state index in [4.69, 9.17) is 5.26 Å². The topological polar surface area (TPSA) is 23.8 Å². The van der Waals surface area contributed by atoms with Gasteiger partial charge in [0.25, 0.3) is 0 Å². The molecule has 0 saturated carbocycles. The first-order valence-electron chi connectivity index (χ1n) is 3.41. The second-order valence-corrected chi connectivity index (χ2v) is 4.43.